The Labute approximate surface area is 123 Å². The van der Waals surface area contributed by atoms with E-state index < -0.39 is 0 Å². The molecular formula is C14H22BrN3O. The summed E-state index contributed by atoms with van der Waals surface area (Å²) in [5.74, 6) is 0.502. The first kappa shape index (κ1) is 16.0. The molecule has 0 bridgehead atoms. The van der Waals surface area contributed by atoms with Crippen LogP contribution in [0.1, 0.15) is 19.4 Å². The first-order valence-electron chi connectivity index (χ1n) is 6.40. The van der Waals surface area contributed by atoms with Gasteiger partial charge in [-0.3, -0.25) is 4.79 Å². The van der Waals surface area contributed by atoms with Crippen LogP contribution in [0.4, 0.5) is 5.69 Å². The molecule has 0 unspecified atom stereocenters. The number of amides is 1. The van der Waals surface area contributed by atoms with Gasteiger partial charge in [0.05, 0.1) is 6.54 Å². The molecule has 3 N–H and O–H groups in total. The van der Waals surface area contributed by atoms with E-state index in [2.05, 4.69) is 35.1 Å². The number of halogens is 1. The van der Waals surface area contributed by atoms with Gasteiger partial charge in [-0.2, -0.15) is 0 Å². The van der Waals surface area contributed by atoms with E-state index in [1.54, 1.807) is 0 Å². The number of hydrogen-bond donors (Lipinski definition) is 2. The van der Waals surface area contributed by atoms with Gasteiger partial charge in [-0.25, -0.2) is 0 Å². The van der Waals surface area contributed by atoms with Gasteiger partial charge in [0, 0.05) is 30.3 Å². The van der Waals surface area contributed by atoms with Gasteiger partial charge in [-0.1, -0.05) is 35.8 Å². The number of rotatable bonds is 6. The summed E-state index contributed by atoms with van der Waals surface area (Å²) in [4.78, 5) is 13.7. The second-order valence-corrected chi connectivity index (χ2v) is 5.89. The molecule has 0 spiro atoms. The maximum absolute atomic E-state index is 11.8. The van der Waals surface area contributed by atoms with E-state index in [-0.39, 0.29) is 5.91 Å². The molecule has 0 aromatic heterocycles. The topological polar surface area (TPSA) is 58.4 Å². The van der Waals surface area contributed by atoms with Gasteiger partial charge >= 0.3 is 0 Å². The van der Waals surface area contributed by atoms with Crippen molar-refractivity contribution in [1.82, 2.24) is 5.32 Å². The Hall–Kier alpha value is -1.07. The monoisotopic (exact) mass is 327 g/mol. The van der Waals surface area contributed by atoms with Crippen molar-refractivity contribution in [3.8, 4) is 0 Å². The predicted octanol–water partition coefficient (Wildman–Crippen LogP) is 2.12. The van der Waals surface area contributed by atoms with Crippen molar-refractivity contribution < 1.29 is 4.79 Å². The first-order chi connectivity index (χ1) is 8.93. The van der Waals surface area contributed by atoms with E-state index in [0.717, 1.165) is 15.7 Å². The highest BCUT2D eigenvalue weighted by Gasteiger charge is 2.09. The lowest BCUT2D eigenvalue weighted by Gasteiger charge is -2.20. The van der Waals surface area contributed by atoms with E-state index in [4.69, 9.17) is 5.73 Å². The van der Waals surface area contributed by atoms with Gasteiger partial charge in [-0.05, 0) is 23.6 Å². The van der Waals surface area contributed by atoms with Crippen LogP contribution in [0.2, 0.25) is 0 Å². The molecule has 0 aliphatic rings. The van der Waals surface area contributed by atoms with Crippen molar-refractivity contribution in [2.24, 2.45) is 11.7 Å². The number of benzene rings is 1. The van der Waals surface area contributed by atoms with Gasteiger partial charge in [-0.15, -0.1) is 0 Å². The lowest BCUT2D eigenvalue weighted by Crippen LogP contribution is -2.36. The molecule has 4 nitrogen and oxygen atoms in total. The highest BCUT2D eigenvalue weighted by molar-refractivity contribution is 9.10. The summed E-state index contributed by atoms with van der Waals surface area (Å²) in [6.07, 6.45) is 0. The molecule has 1 rings (SSSR count). The second-order valence-electron chi connectivity index (χ2n) is 5.03. The number of carbonyl (C=O) groups is 1. The van der Waals surface area contributed by atoms with Gasteiger partial charge in [0.1, 0.15) is 0 Å². The summed E-state index contributed by atoms with van der Waals surface area (Å²) in [6, 6.07) is 5.93. The van der Waals surface area contributed by atoms with E-state index in [9.17, 15) is 4.79 Å². The van der Waals surface area contributed by atoms with E-state index >= 15 is 0 Å². The van der Waals surface area contributed by atoms with E-state index in [1.807, 2.05) is 30.1 Å². The number of nitrogens with one attached hydrogen (secondary N) is 1. The fourth-order valence-electron chi connectivity index (χ4n) is 1.62. The third-order valence-corrected chi connectivity index (χ3v) is 3.52. The lowest BCUT2D eigenvalue weighted by atomic mass is 10.2. The highest BCUT2D eigenvalue weighted by atomic mass is 79.9. The van der Waals surface area contributed by atoms with Gasteiger partial charge in [0.15, 0.2) is 0 Å². The summed E-state index contributed by atoms with van der Waals surface area (Å²) in [7, 11) is 1.90. The summed E-state index contributed by atoms with van der Waals surface area (Å²) in [6.45, 7) is 5.71. The predicted molar refractivity (Wildman–Crippen MR) is 83.2 cm³/mol. The number of likely N-dealkylation sites (N-methyl/N-ethyl adjacent to an activating group) is 1. The molecule has 19 heavy (non-hydrogen) atoms. The normalized spacial score (nSPS) is 10.6. The number of hydrogen-bond acceptors (Lipinski definition) is 3. The molecular weight excluding hydrogens is 306 g/mol. The van der Waals surface area contributed by atoms with Crippen molar-refractivity contribution in [2.45, 2.75) is 20.4 Å². The quantitative estimate of drug-likeness (QED) is 0.841. The van der Waals surface area contributed by atoms with E-state index in [0.29, 0.717) is 25.6 Å². The summed E-state index contributed by atoms with van der Waals surface area (Å²) >= 11 is 3.48. The van der Waals surface area contributed by atoms with Crippen LogP contribution >= 0.6 is 15.9 Å². The molecule has 0 saturated carbocycles. The Kier molecular flexibility index (Phi) is 6.31. The fraction of sp³-hybridized carbons (Fsp3) is 0.500. The average Bonchev–Trinajstić information content (AvgIpc) is 2.36. The van der Waals surface area contributed by atoms with Crippen molar-refractivity contribution in [3.05, 3.63) is 28.2 Å². The SMILES string of the molecule is CC(C)CNC(=O)CN(C)c1ccc(CN)c(Br)c1. The largest absolute Gasteiger partial charge is 0.365 e. The van der Waals surface area contributed by atoms with Crippen LogP contribution in [0.5, 0.6) is 0 Å². The molecule has 1 aromatic rings. The Morgan fingerprint density at radius 1 is 1.47 bits per heavy atom. The second kappa shape index (κ2) is 7.50. The van der Waals surface area contributed by atoms with Gasteiger partial charge < -0.3 is 16.0 Å². The number of carbonyl (C=O) groups excluding carboxylic acids is 1. The molecule has 0 aliphatic carbocycles. The molecule has 1 aromatic carbocycles. The van der Waals surface area contributed by atoms with Crippen LogP contribution in [0.25, 0.3) is 0 Å². The Morgan fingerprint density at radius 3 is 2.68 bits per heavy atom. The molecule has 0 saturated heterocycles. The van der Waals surface area contributed by atoms with Crippen molar-refractivity contribution >= 4 is 27.5 Å². The molecule has 0 heterocycles. The summed E-state index contributed by atoms with van der Waals surface area (Å²) in [5.41, 5.74) is 7.66. The zero-order chi connectivity index (χ0) is 14.4. The number of anilines is 1. The Bertz CT molecular complexity index is 435. The minimum atomic E-state index is 0.0372. The molecule has 1 amide bonds. The summed E-state index contributed by atoms with van der Waals surface area (Å²) in [5, 5.41) is 2.91. The fourth-order valence-corrected chi connectivity index (χ4v) is 2.15. The van der Waals surface area contributed by atoms with Crippen molar-refractivity contribution in [3.63, 3.8) is 0 Å². The van der Waals surface area contributed by atoms with Crippen LogP contribution in [0, 0.1) is 5.92 Å². The maximum atomic E-state index is 11.8. The lowest BCUT2D eigenvalue weighted by molar-refractivity contribution is -0.119. The van der Waals surface area contributed by atoms with Crippen LogP contribution in [0.3, 0.4) is 0 Å². The van der Waals surface area contributed by atoms with Gasteiger partial charge in [0.25, 0.3) is 0 Å². The molecule has 0 radical (unpaired) electrons. The molecule has 0 aliphatic heterocycles. The van der Waals surface area contributed by atoms with E-state index in [1.165, 1.54) is 0 Å². The Balaban J connectivity index is 2.60. The van der Waals surface area contributed by atoms with Crippen molar-refractivity contribution in [2.75, 3.05) is 25.0 Å². The number of nitrogens with two attached hydrogens (primary N) is 1. The molecule has 0 atom stereocenters. The van der Waals surface area contributed by atoms with Crippen molar-refractivity contribution in [1.29, 1.82) is 0 Å². The third kappa shape index (κ3) is 5.20. The first-order valence-corrected chi connectivity index (χ1v) is 7.19. The maximum Gasteiger partial charge on any atom is 0.239 e. The zero-order valence-corrected chi connectivity index (χ0v) is 13.3. The van der Waals surface area contributed by atoms with Gasteiger partial charge in [0.2, 0.25) is 5.91 Å². The highest BCUT2D eigenvalue weighted by Crippen LogP contribution is 2.23. The summed E-state index contributed by atoms with van der Waals surface area (Å²) < 4.78 is 0.974. The molecule has 5 heteroatoms. The van der Waals surface area contributed by atoms with Crippen LogP contribution in [0.15, 0.2) is 22.7 Å². The minimum Gasteiger partial charge on any atom is -0.365 e. The zero-order valence-electron chi connectivity index (χ0n) is 11.7. The number of nitrogens with zero attached hydrogens (tertiary/aromatic N) is 1. The minimum absolute atomic E-state index is 0.0372. The molecule has 0 fully saturated rings. The molecule has 106 valence electrons. The van der Waals surface area contributed by atoms with Crippen LogP contribution in [-0.2, 0) is 11.3 Å². The third-order valence-electron chi connectivity index (χ3n) is 2.79. The van der Waals surface area contributed by atoms with Crippen LogP contribution in [-0.4, -0.2) is 26.0 Å². The van der Waals surface area contributed by atoms with Crippen LogP contribution < -0.4 is 16.0 Å². The average molecular weight is 328 g/mol. The smallest absolute Gasteiger partial charge is 0.239 e. The standard InChI is InChI=1S/C14H22BrN3O/c1-10(2)8-17-14(19)9-18(3)12-5-4-11(7-16)13(15)6-12/h4-6,10H,7-9,16H2,1-3H3,(H,17,19). The Morgan fingerprint density at radius 2 is 2.16 bits per heavy atom.